The van der Waals surface area contributed by atoms with Gasteiger partial charge in [0.05, 0.1) is 23.0 Å². The Kier molecular flexibility index (Phi) is 5.68. The molecule has 2 aliphatic rings. The number of benzene rings is 3. The maximum atomic E-state index is 13.5. The number of para-hydroxylation sites is 2. The SMILES string of the molecule is CCc1ccc(C2CC(=O)C3=C(C2)Nc2ccccc2NC3c2ccc(C(F)(F)F)cc2)cc1. The Bertz CT molecular complexity index is 1240. The molecule has 1 heterocycles. The number of halogens is 3. The quantitative estimate of drug-likeness (QED) is 0.431. The summed E-state index contributed by atoms with van der Waals surface area (Å²) in [7, 11) is 0. The van der Waals surface area contributed by atoms with Crippen molar-refractivity contribution in [3.05, 3.63) is 106 Å². The van der Waals surface area contributed by atoms with E-state index < -0.39 is 17.8 Å². The van der Waals surface area contributed by atoms with Gasteiger partial charge in [-0.2, -0.15) is 13.2 Å². The minimum absolute atomic E-state index is 0.00326. The first-order chi connectivity index (χ1) is 16.3. The van der Waals surface area contributed by atoms with E-state index in [9.17, 15) is 18.0 Å². The molecule has 3 aromatic rings. The lowest BCUT2D eigenvalue weighted by Gasteiger charge is -2.30. The van der Waals surface area contributed by atoms with Crippen LogP contribution in [0.5, 0.6) is 0 Å². The molecule has 1 aliphatic heterocycles. The molecular weight excluding hydrogens is 437 g/mol. The third kappa shape index (κ3) is 4.20. The standard InChI is InChI=1S/C28H25F3N2O/c1-2-17-7-9-18(10-8-17)20-15-24-26(25(34)16-20)27(33-23-6-4-3-5-22(23)32-24)19-11-13-21(14-12-19)28(29,30)31/h3-14,20,27,32-33H,2,15-16H2,1H3. The number of allylic oxidation sites excluding steroid dienone is 1. The number of Topliss-reactive ketones (excluding diaryl/α,β-unsaturated/α-hetero) is 1. The van der Waals surface area contributed by atoms with Gasteiger partial charge in [0.2, 0.25) is 0 Å². The van der Waals surface area contributed by atoms with Gasteiger partial charge in [-0.1, -0.05) is 55.5 Å². The minimum atomic E-state index is -4.41. The molecular formula is C28H25F3N2O. The van der Waals surface area contributed by atoms with Crippen molar-refractivity contribution < 1.29 is 18.0 Å². The number of aryl methyl sites for hydroxylation is 1. The molecule has 2 unspecified atom stereocenters. The summed E-state index contributed by atoms with van der Waals surface area (Å²) >= 11 is 0. The lowest BCUT2D eigenvalue weighted by atomic mass is 9.78. The molecule has 3 aromatic carbocycles. The molecule has 0 aromatic heterocycles. The molecule has 0 saturated heterocycles. The van der Waals surface area contributed by atoms with E-state index in [-0.39, 0.29) is 11.7 Å². The molecule has 0 amide bonds. The maximum absolute atomic E-state index is 13.5. The molecule has 6 heteroatoms. The van der Waals surface area contributed by atoms with E-state index in [4.69, 9.17) is 0 Å². The lowest BCUT2D eigenvalue weighted by Crippen LogP contribution is -2.27. The second kappa shape index (κ2) is 8.67. The first kappa shape index (κ1) is 22.3. The zero-order chi connectivity index (χ0) is 23.9. The van der Waals surface area contributed by atoms with E-state index in [1.165, 1.54) is 17.7 Å². The van der Waals surface area contributed by atoms with Crippen LogP contribution in [0.3, 0.4) is 0 Å². The summed E-state index contributed by atoms with van der Waals surface area (Å²) in [5.74, 6) is 0.0479. The number of rotatable bonds is 3. The third-order valence-electron chi connectivity index (χ3n) is 6.74. The van der Waals surface area contributed by atoms with Crippen molar-refractivity contribution in [1.82, 2.24) is 0 Å². The summed E-state index contributed by atoms with van der Waals surface area (Å²) in [4.78, 5) is 13.5. The molecule has 2 N–H and O–H groups in total. The van der Waals surface area contributed by atoms with Crippen LogP contribution in [0.4, 0.5) is 24.5 Å². The van der Waals surface area contributed by atoms with Crippen LogP contribution >= 0.6 is 0 Å². The number of fused-ring (bicyclic) bond motifs is 1. The Hall–Kier alpha value is -3.54. The molecule has 5 rings (SSSR count). The summed E-state index contributed by atoms with van der Waals surface area (Å²) in [6.07, 6.45) is -2.44. The van der Waals surface area contributed by atoms with Crippen molar-refractivity contribution >= 4 is 17.2 Å². The summed E-state index contributed by atoms with van der Waals surface area (Å²) in [6, 6.07) is 20.6. The van der Waals surface area contributed by atoms with Crippen LogP contribution in [0, 0.1) is 0 Å². The van der Waals surface area contributed by atoms with E-state index in [1.54, 1.807) is 0 Å². The van der Waals surface area contributed by atoms with Gasteiger partial charge in [0.1, 0.15) is 0 Å². The first-order valence-electron chi connectivity index (χ1n) is 11.5. The van der Waals surface area contributed by atoms with Gasteiger partial charge < -0.3 is 10.6 Å². The van der Waals surface area contributed by atoms with E-state index in [1.807, 2.05) is 24.3 Å². The van der Waals surface area contributed by atoms with Crippen LogP contribution in [-0.2, 0) is 17.4 Å². The fourth-order valence-corrected chi connectivity index (χ4v) is 4.87. The molecule has 2 atom stereocenters. The summed E-state index contributed by atoms with van der Waals surface area (Å²) in [5, 5.41) is 6.88. The Morgan fingerprint density at radius 2 is 1.50 bits per heavy atom. The predicted octanol–water partition coefficient (Wildman–Crippen LogP) is 7.25. The van der Waals surface area contributed by atoms with Crippen molar-refractivity contribution in [2.24, 2.45) is 0 Å². The van der Waals surface area contributed by atoms with Gasteiger partial charge >= 0.3 is 6.18 Å². The third-order valence-corrected chi connectivity index (χ3v) is 6.74. The highest BCUT2D eigenvalue weighted by atomic mass is 19.4. The van der Waals surface area contributed by atoms with Crippen molar-refractivity contribution in [2.75, 3.05) is 10.6 Å². The second-order valence-corrected chi connectivity index (χ2v) is 8.88. The number of nitrogens with one attached hydrogen (secondary N) is 2. The molecule has 0 saturated carbocycles. The normalized spacial score (nSPS) is 20.1. The highest BCUT2D eigenvalue weighted by molar-refractivity contribution is 6.01. The molecule has 34 heavy (non-hydrogen) atoms. The Morgan fingerprint density at radius 1 is 0.853 bits per heavy atom. The van der Waals surface area contributed by atoms with Crippen LogP contribution in [0.1, 0.15) is 54.0 Å². The molecule has 0 spiro atoms. The lowest BCUT2D eigenvalue weighted by molar-refractivity contribution is -0.137. The largest absolute Gasteiger partial charge is 0.416 e. The zero-order valence-corrected chi connectivity index (χ0v) is 18.7. The topological polar surface area (TPSA) is 41.1 Å². The number of hydrogen-bond donors (Lipinski definition) is 2. The minimum Gasteiger partial charge on any atom is -0.372 e. The second-order valence-electron chi connectivity index (χ2n) is 8.88. The van der Waals surface area contributed by atoms with E-state index in [2.05, 4.69) is 41.8 Å². The maximum Gasteiger partial charge on any atom is 0.416 e. The van der Waals surface area contributed by atoms with Crippen LogP contribution in [0.25, 0.3) is 0 Å². The highest BCUT2D eigenvalue weighted by Crippen LogP contribution is 2.44. The number of carbonyl (C=O) groups is 1. The summed E-state index contributed by atoms with van der Waals surface area (Å²) in [6.45, 7) is 2.11. The van der Waals surface area contributed by atoms with Crippen molar-refractivity contribution in [1.29, 1.82) is 0 Å². The van der Waals surface area contributed by atoms with Gasteiger partial charge in [0.15, 0.2) is 5.78 Å². The fraction of sp³-hybridized carbons (Fsp3) is 0.250. The monoisotopic (exact) mass is 462 g/mol. The molecule has 174 valence electrons. The average Bonchev–Trinajstić information content (AvgIpc) is 3.00. The van der Waals surface area contributed by atoms with Crippen LogP contribution in [0.15, 0.2) is 84.1 Å². The highest BCUT2D eigenvalue weighted by Gasteiger charge is 2.36. The molecule has 0 fully saturated rings. The van der Waals surface area contributed by atoms with Crippen molar-refractivity contribution in [3.63, 3.8) is 0 Å². The van der Waals surface area contributed by atoms with Crippen LogP contribution in [-0.4, -0.2) is 5.78 Å². The van der Waals surface area contributed by atoms with Gasteiger partial charge in [-0.25, -0.2) is 0 Å². The fourth-order valence-electron chi connectivity index (χ4n) is 4.87. The number of anilines is 2. The predicted molar refractivity (Wildman–Crippen MR) is 128 cm³/mol. The zero-order valence-electron chi connectivity index (χ0n) is 18.7. The smallest absolute Gasteiger partial charge is 0.372 e. The van der Waals surface area contributed by atoms with E-state index in [0.717, 1.165) is 41.2 Å². The Morgan fingerprint density at radius 3 is 2.15 bits per heavy atom. The van der Waals surface area contributed by atoms with Gasteiger partial charge in [-0.3, -0.25) is 4.79 Å². The number of carbonyl (C=O) groups excluding carboxylic acids is 1. The van der Waals surface area contributed by atoms with Gasteiger partial charge in [-0.15, -0.1) is 0 Å². The van der Waals surface area contributed by atoms with E-state index in [0.29, 0.717) is 24.0 Å². The van der Waals surface area contributed by atoms with Crippen LogP contribution < -0.4 is 10.6 Å². The summed E-state index contributed by atoms with van der Waals surface area (Å²) in [5.41, 5.74) is 5.36. The first-order valence-corrected chi connectivity index (χ1v) is 11.5. The van der Waals surface area contributed by atoms with E-state index >= 15 is 0 Å². The Balaban J connectivity index is 1.55. The van der Waals surface area contributed by atoms with Gasteiger partial charge in [-0.05, 0) is 59.7 Å². The molecule has 0 radical (unpaired) electrons. The molecule has 1 aliphatic carbocycles. The van der Waals surface area contributed by atoms with Gasteiger partial charge in [0.25, 0.3) is 0 Å². The number of hydrogen-bond acceptors (Lipinski definition) is 3. The number of alkyl halides is 3. The van der Waals surface area contributed by atoms with Crippen molar-refractivity contribution in [2.45, 2.75) is 44.3 Å². The Labute approximate surface area is 196 Å². The van der Waals surface area contributed by atoms with Gasteiger partial charge in [0, 0.05) is 17.7 Å². The molecule has 3 nitrogen and oxygen atoms in total. The summed E-state index contributed by atoms with van der Waals surface area (Å²) < 4.78 is 39.4. The van der Waals surface area contributed by atoms with Crippen molar-refractivity contribution in [3.8, 4) is 0 Å². The number of ketones is 1. The molecule has 0 bridgehead atoms. The average molecular weight is 463 g/mol. The van der Waals surface area contributed by atoms with Crippen LogP contribution in [0.2, 0.25) is 0 Å².